The van der Waals surface area contributed by atoms with Crippen LogP contribution in [0.4, 0.5) is 0 Å². The van der Waals surface area contributed by atoms with Crippen LogP contribution in [0.25, 0.3) is 0 Å². The maximum atomic E-state index is 5.36. The van der Waals surface area contributed by atoms with Crippen LogP contribution in [0.1, 0.15) is 64.8 Å². The summed E-state index contributed by atoms with van der Waals surface area (Å²) in [5.74, 6) is 3.67. The molecule has 7 heteroatoms. The fraction of sp³-hybridized carbons (Fsp3) is 0.800. The van der Waals surface area contributed by atoms with Crippen molar-refractivity contribution in [3.63, 3.8) is 0 Å². The molecule has 0 radical (unpaired) electrons. The highest BCUT2D eigenvalue weighted by Gasteiger charge is 2.20. The molecule has 1 aliphatic rings. The summed E-state index contributed by atoms with van der Waals surface area (Å²) in [5, 5.41) is 10.8. The Hall–Kier alpha value is -0.830. The minimum atomic E-state index is 0. The van der Waals surface area contributed by atoms with Crippen LogP contribution in [0, 0.1) is 11.8 Å². The van der Waals surface area contributed by atoms with Crippen molar-refractivity contribution in [2.75, 3.05) is 32.7 Å². The molecule has 2 heterocycles. The minimum Gasteiger partial charge on any atom is -0.359 e. The highest BCUT2D eigenvalue weighted by Crippen LogP contribution is 2.20. The first-order chi connectivity index (χ1) is 12.5. The third-order valence-corrected chi connectivity index (χ3v) is 4.79. The van der Waals surface area contributed by atoms with E-state index in [4.69, 9.17) is 4.52 Å². The Balaban J connectivity index is 0.00000364. The Morgan fingerprint density at radius 1 is 1.30 bits per heavy atom. The van der Waals surface area contributed by atoms with Gasteiger partial charge in [0.2, 0.25) is 0 Å². The van der Waals surface area contributed by atoms with Gasteiger partial charge < -0.3 is 20.1 Å². The van der Waals surface area contributed by atoms with Crippen LogP contribution in [-0.4, -0.2) is 48.7 Å². The predicted octanol–water partition coefficient (Wildman–Crippen LogP) is 3.84. The molecule has 2 atom stereocenters. The molecule has 27 heavy (non-hydrogen) atoms. The van der Waals surface area contributed by atoms with Gasteiger partial charge in [0, 0.05) is 32.2 Å². The second-order valence-corrected chi connectivity index (χ2v) is 8.05. The van der Waals surface area contributed by atoms with E-state index in [9.17, 15) is 0 Å². The largest absolute Gasteiger partial charge is 0.359 e. The van der Waals surface area contributed by atoms with Crippen molar-refractivity contribution in [2.24, 2.45) is 16.8 Å². The van der Waals surface area contributed by atoms with Crippen molar-refractivity contribution in [3.8, 4) is 0 Å². The number of rotatable bonds is 8. The van der Waals surface area contributed by atoms with E-state index >= 15 is 0 Å². The lowest BCUT2D eigenvalue weighted by Gasteiger charge is -2.35. The Morgan fingerprint density at radius 3 is 2.59 bits per heavy atom. The fourth-order valence-electron chi connectivity index (χ4n) is 3.66. The van der Waals surface area contributed by atoms with Crippen molar-refractivity contribution in [2.45, 2.75) is 59.9 Å². The lowest BCUT2D eigenvalue weighted by Crippen LogP contribution is -2.41. The molecule has 0 bridgehead atoms. The zero-order chi connectivity index (χ0) is 18.9. The Morgan fingerprint density at radius 2 is 2.00 bits per heavy atom. The first-order valence-corrected chi connectivity index (χ1v) is 10.2. The van der Waals surface area contributed by atoms with Gasteiger partial charge in [0.1, 0.15) is 6.54 Å². The van der Waals surface area contributed by atoms with Gasteiger partial charge in [0.15, 0.2) is 11.7 Å². The zero-order valence-electron chi connectivity index (χ0n) is 17.6. The number of nitrogens with one attached hydrogen (secondary N) is 2. The van der Waals surface area contributed by atoms with Crippen LogP contribution < -0.4 is 10.6 Å². The highest BCUT2D eigenvalue weighted by atomic mass is 127. The van der Waals surface area contributed by atoms with Gasteiger partial charge in [-0.3, -0.25) is 0 Å². The average molecular weight is 491 g/mol. The molecule has 1 fully saturated rings. The molecular weight excluding hydrogens is 453 g/mol. The molecule has 6 nitrogen and oxygen atoms in total. The van der Waals surface area contributed by atoms with Crippen LogP contribution in [0.5, 0.6) is 0 Å². The van der Waals surface area contributed by atoms with Crippen LogP contribution >= 0.6 is 24.0 Å². The molecule has 0 amide bonds. The maximum Gasteiger partial charge on any atom is 0.191 e. The van der Waals surface area contributed by atoms with Gasteiger partial charge in [-0.25, -0.2) is 4.99 Å². The van der Waals surface area contributed by atoms with E-state index in [0.29, 0.717) is 12.5 Å². The Bertz CT molecular complexity index is 550. The monoisotopic (exact) mass is 491 g/mol. The van der Waals surface area contributed by atoms with Crippen molar-refractivity contribution >= 4 is 29.9 Å². The van der Waals surface area contributed by atoms with Gasteiger partial charge in [0.25, 0.3) is 0 Å². The SMILES string of the molecule is CCNC(=NCc1cc(C(C)C)no1)NCCCN1CC(C)CC(C)C1.I. The molecule has 1 saturated heterocycles. The van der Waals surface area contributed by atoms with E-state index in [2.05, 4.69) is 60.3 Å². The number of halogens is 1. The molecule has 2 unspecified atom stereocenters. The third-order valence-electron chi connectivity index (χ3n) is 4.79. The second kappa shape index (κ2) is 12.6. The maximum absolute atomic E-state index is 5.36. The molecule has 0 aliphatic carbocycles. The lowest BCUT2D eigenvalue weighted by atomic mass is 9.92. The quantitative estimate of drug-likeness (QED) is 0.251. The van der Waals surface area contributed by atoms with Crippen LogP contribution in [0.15, 0.2) is 15.6 Å². The minimum absolute atomic E-state index is 0. The number of aliphatic imine (C=N–C) groups is 1. The number of likely N-dealkylation sites (tertiary alicyclic amines) is 1. The van der Waals surface area contributed by atoms with Gasteiger partial charge in [-0.2, -0.15) is 0 Å². The normalized spacial score (nSPS) is 21.2. The predicted molar refractivity (Wildman–Crippen MR) is 123 cm³/mol. The number of hydrogen-bond acceptors (Lipinski definition) is 4. The Kier molecular flexibility index (Phi) is 11.3. The summed E-state index contributed by atoms with van der Waals surface area (Å²) in [6, 6.07) is 2.00. The first-order valence-electron chi connectivity index (χ1n) is 10.2. The average Bonchev–Trinajstić information content (AvgIpc) is 3.05. The van der Waals surface area contributed by atoms with Crippen molar-refractivity contribution in [3.05, 3.63) is 17.5 Å². The van der Waals surface area contributed by atoms with Crippen LogP contribution in [0.2, 0.25) is 0 Å². The number of nitrogens with zero attached hydrogens (tertiary/aromatic N) is 3. The van der Waals surface area contributed by atoms with Gasteiger partial charge in [-0.15, -0.1) is 24.0 Å². The molecule has 1 aromatic heterocycles. The highest BCUT2D eigenvalue weighted by molar-refractivity contribution is 14.0. The summed E-state index contributed by atoms with van der Waals surface area (Å²) >= 11 is 0. The van der Waals surface area contributed by atoms with E-state index in [-0.39, 0.29) is 24.0 Å². The lowest BCUT2D eigenvalue weighted by molar-refractivity contribution is 0.140. The molecular formula is C20H38IN5O. The van der Waals surface area contributed by atoms with E-state index in [0.717, 1.165) is 55.3 Å². The zero-order valence-corrected chi connectivity index (χ0v) is 20.0. The van der Waals surface area contributed by atoms with E-state index in [1.165, 1.54) is 19.5 Å². The molecule has 0 saturated carbocycles. The summed E-state index contributed by atoms with van der Waals surface area (Å²) in [5.41, 5.74) is 0.984. The van der Waals surface area contributed by atoms with Gasteiger partial charge in [-0.1, -0.05) is 32.9 Å². The van der Waals surface area contributed by atoms with Gasteiger partial charge in [-0.05, 0) is 44.1 Å². The summed E-state index contributed by atoms with van der Waals surface area (Å²) in [4.78, 5) is 7.22. The number of piperidine rings is 1. The fourth-order valence-corrected chi connectivity index (χ4v) is 3.66. The van der Waals surface area contributed by atoms with E-state index in [1.807, 2.05) is 6.07 Å². The third kappa shape index (κ3) is 8.81. The summed E-state index contributed by atoms with van der Waals surface area (Å²) in [6.07, 6.45) is 2.50. The van der Waals surface area contributed by atoms with Crippen LogP contribution in [0.3, 0.4) is 0 Å². The number of aromatic nitrogens is 1. The first kappa shape index (κ1) is 24.2. The van der Waals surface area contributed by atoms with Crippen molar-refractivity contribution in [1.29, 1.82) is 0 Å². The molecule has 156 valence electrons. The summed E-state index contributed by atoms with van der Waals surface area (Å²) in [7, 11) is 0. The topological polar surface area (TPSA) is 65.7 Å². The van der Waals surface area contributed by atoms with Gasteiger partial charge >= 0.3 is 0 Å². The van der Waals surface area contributed by atoms with Crippen molar-refractivity contribution < 1.29 is 4.52 Å². The molecule has 1 aliphatic heterocycles. The molecule has 0 aromatic carbocycles. The summed E-state index contributed by atoms with van der Waals surface area (Å²) < 4.78 is 5.36. The molecule has 1 aromatic rings. The number of hydrogen-bond donors (Lipinski definition) is 2. The van der Waals surface area contributed by atoms with Crippen LogP contribution in [-0.2, 0) is 6.54 Å². The number of guanidine groups is 1. The molecule has 2 N–H and O–H groups in total. The smallest absolute Gasteiger partial charge is 0.191 e. The molecule has 2 rings (SSSR count). The van der Waals surface area contributed by atoms with Crippen molar-refractivity contribution in [1.82, 2.24) is 20.7 Å². The van der Waals surface area contributed by atoms with Gasteiger partial charge in [0.05, 0.1) is 5.69 Å². The van der Waals surface area contributed by atoms with E-state index < -0.39 is 0 Å². The Labute approximate surface area is 181 Å². The standard InChI is InChI=1S/C20H37N5O.HI/c1-6-21-20(23-12-18-11-19(15(2)3)24-26-18)22-8-7-9-25-13-16(4)10-17(5)14-25;/h11,15-17H,6-10,12-14H2,1-5H3,(H2,21,22,23);1H. The second-order valence-electron chi connectivity index (χ2n) is 8.05. The van der Waals surface area contributed by atoms with E-state index in [1.54, 1.807) is 0 Å². The summed E-state index contributed by atoms with van der Waals surface area (Å²) in [6.45, 7) is 17.0. The molecule has 0 spiro atoms.